The normalized spacial score (nSPS) is 16.0. The molecule has 0 aliphatic carbocycles. The molecule has 0 aromatic heterocycles. The highest BCUT2D eigenvalue weighted by Crippen LogP contribution is 2.19. The van der Waals surface area contributed by atoms with Crippen molar-refractivity contribution in [2.75, 3.05) is 45.6 Å². The molecule has 1 fully saturated rings. The summed E-state index contributed by atoms with van der Waals surface area (Å²) in [4.78, 5) is 29.4. The summed E-state index contributed by atoms with van der Waals surface area (Å²) in [6, 6.07) is 13.8. The number of hydrogen-bond acceptors (Lipinski definition) is 5. The van der Waals surface area contributed by atoms with Crippen LogP contribution in [0.5, 0.6) is 0 Å². The number of nitrogens with zero attached hydrogens (tertiary/aromatic N) is 3. The Kier molecular flexibility index (Phi) is 7.88. The van der Waals surface area contributed by atoms with Crippen LogP contribution in [0.4, 0.5) is 5.69 Å². The average molecular weight is 473 g/mol. The third-order valence-electron chi connectivity index (χ3n) is 5.95. The lowest BCUT2D eigenvalue weighted by atomic mass is 10.1. The third kappa shape index (κ3) is 6.19. The van der Waals surface area contributed by atoms with Crippen molar-refractivity contribution in [3.63, 3.8) is 0 Å². The Hall–Kier alpha value is -2.75. The summed E-state index contributed by atoms with van der Waals surface area (Å²) in [6.07, 6.45) is 0.377. The van der Waals surface area contributed by atoms with Crippen LogP contribution in [0.1, 0.15) is 18.1 Å². The van der Waals surface area contributed by atoms with Gasteiger partial charge in [-0.25, -0.2) is 12.7 Å². The lowest BCUT2D eigenvalue weighted by molar-refractivity contribution is -0.133. The Bertz CT molecular complexity index is 1090. The van der Waals surface area contributed by atoms with Gasteiger partial charge in [-0.1, -0.05) is 35.9 Å². The number of benzene rings is 2. The highest BCUT2D eigenvalue weighted by atomic mass is 32.2. The largest absolute Gasteiger partial charge is 0.340 e. The van der Waals surface area contributed by atoms with Crippen LogP contribution in [-0.4, -0.2) is 80.7 Å². The fourth-order valence-electron chi connectivity index (χ4n) is 3.71. The van der Waals surface area contributed by atoms with Crippen LogP contribution >= 0.6 is 0 Å². The molecule has 2 aromatic rings. The second kappa shape index (κ2) is 10.5. The van der Waals surface area contributed by atoms with Crippen molar-refractivity contribution in [2.45, 2.75) is 31.2 Å². The topological polar surface area (TPSA) is 90.0 Å². The first-order valence-corrected chi connectivity index (χ1v) is 12.4. The molecule has 2 amide bonds. The van der Waals surface area contributed by atoms with Crippen molar-refractivity contribution in [3.8, 4) is 0 Å². The summed E-state index contributed by atoms with van der Waals surface area (Å²) in [5.41, 5.74) is 2.60. The molecular weight excluding hydrogens is 440 g/mol. The number of amides is 2. The molecule has 9 heteroatoms. The predicted molar refractivity (Wildman–Crippen MR) is 128 cm³/mol. The smallest absolute Gasteiger partial charge is 0.242 e. The number of nitrogens with one attached hydrogen (secondary N) is 1. The van der Waals surface area contributed by atoms with Crippen LogP contribution in [0.25, 0.3) is 0 Å². The zero-order chi connectivity index (χ0) is 24.2. The Morgan fingerprint density at radius 3 is 2.27 bits per heavy atom. The van der Waals surface area contributed by atoms with Crippen LogP contribution in [0.2, 0.25) is 0 Å². The van der Waals surface area contributed by atoms with Crippen LogP contribution in [0, 0.1) is 6.92 Å². The van der Waals surface area contributed by atoms with E-state index in [1.165, 1.54) is 26.2 Å². The van der Waals surface area contributed by atoms with Crippen LogP contribution < -0.4 is 5.32 Å². The molecule has 1 atom stereocenters. The molecule has 0 radical (unpaired) electrons. The molecule has 1 heterocycles. The van der Waals surface area contributed by atoms with E-state index in [0.29, 0.717) is 38.3 Å². The zero-order valence-corrected chi connectivity index (χ0v) is 20.4. The van der Waals surface area contributed by atoms with Crippen molar-refractivity contribution in [3.05, 3.63) is 59.7 Å². The van der Waals surface area contributed by atoms with Crippen LogP contribution in [-0.2, 0) is 26.0 Å². The van der Waals surface area contributed by atoms with Crippen LogP contribution in [0.3, 0.4) is 0 Å². The predicted octanol–water partition coefficient (Wildman–Crippen LogP) is 1.96. The highest BCUT2D eigenvalue weighted by Gasteiger charge is 2.28. The summed E-state index contributed by atoms with van der Waals surface area (Å²) in [5, 5.41) is 2.82. The molecule has 3 rings (SSSR count). The number of sulfonamides is 1. The number of carbonyl (C=O) groups is 2. The molecule has 0 bridgehead atoms. The van der Waals surface area contributed by atoms with E-state index in [2.05, 4.69) is 5.32 Å². The minimum atomic E-state index is -3.58. The summed E-state index contributed by atoms with van der Waals surface area (Å²) >= 11 is 0. The van der Waals surface area contributed by atoms with Crippen molar-refractivity contribution >= 4 is 27.5 Å². The molecule has 0 spiro atoms. The van der Waals surface area contributed by atoms with Gasteiger partial charge in [0, 0.05) is 46.0 Å². The number of aryl methyl sites for hydroxylation is 1. The first-order valence-electron chi connectivity index (χ1n) is 11.0. The molecule has 8 nitrogen and oxygen atoms in total. The summed E-state index contributed by atoms with van der Waals surface area (Å²) < 4.78 is 25.8. The summed E-state index contributed by atoms with van der Waals surface area (Å²) in [5.74, 6) is -0.122. The van der Waals surface area contributed by atoms with Crippen molar-refractivity contribution in [1.29, 1.82) is 0 Å². The van der Waals surface area contributed by atoms with Gasteiger partial charge in [0.2, 0.25) is 21.8 Å². The second-order valence-electron chi connectivity index (χ2n) is 8.56. The standard InChI is InChI=1S/C24H32N4O4S/c1-18-8-10-20(11-9-18)16-23(29)28-14-12-27(13-15-28)19(2)24(30)25-21-6-5-7-22(17-21)33(31,32)26(3)4/h5-11,17,19H,12-16H2,1-4H3,(H,25,30). The van der Waals surface area contributed by atoms with Gasteiger partial charge in [0.05, 0.1) is 17.4 Å². The summed E-state index contributed by atoms with van der Waals surface area (Å²) in [7, 11) is -0.649. The maximum atomic E-state index is 12.8. The maximum absolute atomic E-state index is 12.8. The van der Waals surface area contributed by atoms with Crippen molar-refractivity contribution in [2.24, 2.45) is 0 Å². The lowest BCUT2D eigenvalue weighted by Crippen LogP contribution is -2.54. The van der Waals surface area contributed by atoms with Gasteiger partial charge in [0.1, 0.15) is 0 Å². The fraction of sp³-hybridized carbons (Fsp3) is 0.417. The quantitative estimate of drug-likeness (QED) is 0.665. The SMILES string of the molecule is Cc1ccc(CC(=O)N2CCN(C(C)C(=O)Nc3cccc(S(=O)(=O)N(C)C)c3)CC2)cc1. The zero-order valence-electron chi connectivity index (χ0n) is 19.6. The molecule has 1 unspecified atom stereocenters. The van der Waals surface area contributed by atoms with Gasteiger partial charge in [-0.15, -0.1) is 0 Å². The summed E-state index contributed by atoms with van der Waals surface area (Å²) in [6.45, 7) is 6.17. The van der Waals surface area contributed by atoms with Gasteiger partial charge < -0.3 is 10.2 Å². The fourth-order valence-corrected chi connectivity index (χ4v) is 4.66. The van der Waals surface area contributed by atoms with E-state index >= 15 is 0 Å². The van der Waals surface area contributed by atoms with Gasteiger partial charge >= 0.3 is 0 Å². The number of carbonyl (C=O) groups excluding carboxylic acids is 2. The van der Waals surface area contributed by atoms with Crippen molar-refractivity contribution < 1.29 is 18.0 Å². The van der Waals surface area contributed by atoms with E-state index in [1.54, 1.807) is 12.1 Å². The molecule has 33 heavy (non-hydrogen) atoms. The second-order valence-corrected chi connectivity index (χ2v) is 10.7. The number of hydrogen-bond donors (Lipinski definition) is 1. The van der Waals surface area contributed by atoms with E-state index in [9.17, 15) is 18.0 Å². The van der Waals surface area contributed by atoms with Gasteiger partial charge in [-0.2, -0.15) is 0 Å². The molecular formula is C24H32N4O4S. The number of anilines is 1. The van der Waals surface area contributed by atoms with E-state index in [-0.39, 0.29) is 16.7 Å². The van der Waals surface area contributed by atoms with Crippen molar-refractivity contribution in [1.82, 2.24) is 14.1 Å². The average Bonchev–Trinajstić information content (AvgIpc) is 2.80. The van der Waals surface area contributed by atoms with E-state index in [0.717, 1.165) is 15.4 Å². The number of rotatable bonds is 7. The van der Waals surface area contributed by atoms with E-state index in [1.807, 2.05) is 47.9 Å². The van der Waals surface area contributed by atoms with E-state index < -0.39 is 16.1 Å². The number of piperazine rings is 1. The molecule has 1 aliphatic rings. The molecule has 0 saturated carbocycles. The molecule has 1 N–H and O–H groups in total. The Balaban J connectivity index is 1.54. The van der Waals surface area contributed by atoms with Gasteiger partial charge in [0.25, 0.3) is 0 Å². The van der Waals surface area contributed by atoms with Gasteiger partial charge in [-0.05, 0) is 37.6 Å². The molecule has 2 aromatic carbocycles. The monoisotopic (exact) mass is 472 g/mol. The van der Waals surface area contributed by atoms with Gasteiger partial charge in [-0.3, -0.25) is 14.5 Å². The Morgan fingerprint density at radius 1 is 1.03 bits per heavy atom. The first kappa shape index (κ1) is 24.9. The minimum Gasteiger partial charge on any atom is -0.340 e. The minimum absolute atomic E-state index is 0.0922. The first-order chi connectivity index (χ1) is 15.6. The molecule has 1 aliphatic heterocycles. The van der Waals surface area contributed by atoms with E-state index in [4.69, 9.17) is 0 Å². The molecule has 1 saturated heterocycles. The van der Waals surface area contributed by atoms with Gasteiger partial charge in [0.15, 0.2) is 0 Å². The van der Waals surface area contributed by atoms with Crippen LogP contribution in [0.15, 0.2) is 53.4 Å². The third-order valence-corrected chi connectivity index (χ3v) is 7.76. The maximum Gasteiger partial charge on any atom is 0.242 e. The highest BCUT2D eigenvalue weighted by molar-refractivity contribution is 7.89. The Morgan fingerprint density at radius 2 is 1.67 bits per heavy atom. The lowest BCUT2D eigenvalue weighted by Gasteiger charge is -2.37. The Labute approximate surface area is 196 Å². The molecule has 178 valence electrons.